The second-order valence-corrected chi connectivity index (χ2v) is 6.98. The van der Waals surface area contributed by atoms with E-state index in [0.717, 1.165) is 6.54 Å². The molecule has 1 aliphatic heterocycles. The lowest BCUT2D eigenvalue weighted by molar-refractivity contribution is 0.0500. The molecule has 1 aliphatic rings. The zero-order valence-corrected chi connectivity index (χ0v) is 14.6. The van der Waals surface area contributed by atoms with Gasteiger partial charge in [0.2, 0.25) is 0 Å². The normalized spacial score (nSPS) is 19.7. The quantitative estimate of drug-likeness (QED) is 0.843. The van der Waals surface area contributed by atoms with Crippen LogP contribution in [-0.2, 0) is 5.41 Å². The van der Waals surface area contributed by atoms with Gasteiger partial charge in [-0.15, -0.1) is 0 Å². The van der Waals surface area contributed by atoms with Crippen LogP contribution in [0.15, 0.2) is 60.7 Å². The molecule has 0 amide bonds. The Hall–Kier alpha value is -1.64. The highest BCUT2D eigenvalue weighted by Gasteiger charge is 2.39. The molecule has 0 aliphatic carbocycles. The fourth-order valence-electron chi connectivity index (χ4n) is 3.89. The van der Waals surface area contributed by atoms with Crippen LogP contribution in [0.25, 0.3) is 0 Å². The van der Waals surface area contributed by atoms with Gasteiger partial charge >= 0.3 is 0 Å². The zero-order chi connectivity index (χ0) is 16.3. The van der Waals surface area contributed by atoms with Crippen LogP contribution in [0.3, 0.4) is 0 Å². The predicted octanol–water partition coefficient (Wildman–Crippen LogP) is 3.98. The van der Waals surface area contributed by atoms with Gasteiger partial charge in [-0.1, -0.05) is 60.7 Å². The van der Waals surface area contributed by atoms with E-state index in [1.54, 1.807) is 0 Å². The standard InChI is InChI=1S/C21H28N2/c1-18(22(2)3)23-16-10-15-21(17-23,19-11-6-4-7-12-19)20-13-8-5-9-14-20/h4-9,11-14,18H,10,15-17H2,1-3H3. The average Bonchev–Trinajstić information content (AvgIpc) is 2.62. The lowest BCUT2D eigenvalue weighted by Gasteiger charge is -2.47. The van der Waals surface area contributed by atoms with Crippen molar-refractivity contribution >= 4 is 0 Å². The molecule has 0 bridgehead atoms. The van der Waals surface area contributed by atoms with Crippen molar-refractivity contribution in [2.45, 2.75) is 31.3 Å². The molecule has 1 heterocycles. The maximum absolute atomic E-state index is 2.63. The molecule has 2 aromatic rings. The number of nitrogens with zero attached hydrogens (tertiary/aromatic N) is 2. The summed E-state index contributed by atoms with van der Waals surface area (Å²) in [7, 11) is 4.35. The van der Waals surface area contributed by atoms with Gasteiger partial charge in [-0.3, -0.25) is 9.80 Å². The van der Waals surface area contributed by atoms with Crippen LogP contribution in [0, 0.1) is 0 Å². The fraction of sp³-hybridized carbons (Fsp3) is 0.429. The van der Waals surface area contributed by atoms with Gasteiger partial charge in [0.15, 0.2) is 0 Å². The molecule has 0 aromatic heterocycles. The van der Waals surface area contributed by atoms with Gasteiger partial charge < -0.3 is 0 Å². The van der Waals surface area contributed by atoms with Crippen LogP contribution >= 0.6 is 0 Å². The lowest BCUT2D eigenvalue weighted by atomic mass is 9.69. The van der Waals surface area contributed by atoms with Crippen molar-refractivity contribution in [2.75, 3.05) is 27.2 Å². The molecule has 2 nitrogen and oxygen atoms in total. The summed E-state index contributed by atoms with van der Waals surface area (Å²) in [6.07, 6.45) is 2.92. The molecule has 2 aromatic carbocycles. The van der Waals surface area contributed by atoms with Crippen LogP contribution in [0.1, 0.15) is 30.9 Å². The molecule has 0 spiro atoms. The van der Waals surface area contributed by atoms with E-state index in [1.807, 2.05) is 0 Å². The third kappa shape index (κ3) is 3.19. The summed E-state index contributed by atoms with van der Waals surface area (Å²) in [6, 6.07) is 22.1. The molecule has 1 unspecified atom stereocenters. The highest BCUT2D eigenvalue weighted by Crippen LogP contribution is 2.40. The molecule has 1 atom stereocenters. The monoisotopic (exact) mass is 308 g/mol. The number of piperidine rings is 1. The molecular formula is C21H28N2. The Morgan fingerprint density at radius 1 is 0.913 bits per heavy atom. The van der Waals surface area contributed by atoms with E-state index < -0.39 is 0 Å². The number of benzene rings is 2. The van der Waals surface area contributed by atoms with Gasteiger partial charge in [-0.05, 0) is 51.5 Å². The first kappa shape index (κ1) is 16.2. The van der Waals surface area contributed by atoms with Gasteiger partial charge in [-0.2, -0.15) is 0 Å². The molecule has 1 fully saturated rings. The first-order chi connectivity index (χ1) is 11.1. The fourth-order valence-corrected chi connectivity index (χ4v) is 3.89. The van der Waals surface area contributed by atoms with Crippen molar-refractivity contribution in [3.05, 3.63) is 71.8 Å². The predicted molar refractivity (Wildman–Crippen MR) is 97.6 cm³/mol. The van der Waals surface area contributed by atoms with Crippen LogP contribution in [0.5, 0.6) is 0 Å². The Balaban J connectivity index is 2.03. The largest absolute Gasteiger partial charge is 0.294 e. The first-order valence-corrected chi connectivity index (χ1v) is 8.65. The molecule has 23 heavy (non-hydrogen) atoms. The van der Waals surface area contributed by atoms with Gasteiger partial charge in [0.25, 0.3) is 0 Å². The minimum absolute atomic E-state index is 0.102. The van der Waals surface area contributed by atoms with Crippen molar-refractivity contribution in [3.8, 4) is 0 Å². The smallest absolute Gasteiger partial charge is 0.0588 e. The average molecular weight is 308 g/mol. The number of likely N-dealkylation sites (tertiary alicyclic amines) is 1. The van der Waals surface area contributed by atoms with Gasteiger partial charge in [0.1, 0.15) is 0 Å². The topological polar surface area (TPSA) is 6.48 Å². The molecule has 122 valence electrons. The van der Waals surface area contributed by atoms with E-state index in [1.165, 1.54) is 30.5 Å². The summed E-state index contributed by atoms with van der Waals surface area (Å²) in [6.45, 7) is 4.58. The molecule has 0 N–H and O–H groups in total. The Kier molecular flexibility index (Phi) is 4.84. The van der Waals surface area contributed by atoms with Gasteiger partial charge in [-0.25, -0.2) is 0 Å². The Morgan fingerprint density at radius 2 is 1.43 bits per heavy atom. The Bertz CT molecular complexity index is 567. The Morgan fingerprint density at radius 3 is 1.91 bits per heavy atom. The third-order valence-corrected chi connectivity index (χ3v) is 5.45. The second-order valence-electron chi connectivity index (χ2n) is 6.98. The maximum atomic E-state index is 2.63. The Labute approximate surface area is 140 Å². The van der Waals surface area contributed by atoms with Crippen LogP contribution in [0.4, 0.5) is 0 Å². The van der Waals surface area contributed by atoms with E-state index in [0.29, 0.717) is 6.17 Å². The van der Waals surface area contributed by atoms with Crippen molar-refractivity contribution in [3.63, 3.8) is 0 Å². The lowest BCUT2D eigenvalue weighted by Crippen LogP contribution is -2.53. The van der Waals surface area contributed by atoms with Crippen molar-refractivity contribution < 1.29 is 0 Å². The summed E-state index contributed by atoms with van der Waals surface area (Å²) in [5.74, 6) is 0. The summed E-state index contributed by atoms with van der Waals surface area (Å²) in [4.78, 5) is 4.94. The first-order valence-electron chi connectivity index (χ1n) is 8.65. The van der Waals surface area contributed by atoms with E-state index >= 15 is 0 Å². The van der Waals surface area contributed by atoms with E-state index in [-0.39, 0.29) is 5.41 Å². The zero-order valence-electron chi connectivity index (χ0n) is 14.6. The van der Waals surface area contributed by atoms with E-state index in [9.17, 15) is 0 Å². The number of rotatable bonds is 4. The van der Waals surface area contributed by atoms with Crippen LogP contribution in [0.2, 0.25) is 0 Å². The van der Waals surface area contributed by atoms with Crippen LogP contribution in [-0.4, -0.2) is 43.2 Å². The van der Waals surface area contributed by atoms with E-state index in [4.69, 9.17) is 0 Å². The molecule has 2 heteroatoms. The summed E-state index contributed by atoms with van der Waals surface area (Å²) >= 11 is 0. The highest BCUT2D eigenvalue weighted by molar-refractivity contribution is 5.40. The van der Waals surface area contributed by atoms with Gasteiger partial charge in [0, 0.05) is 12.0 Å². The van der Waals surface area contributed by atoms with Gasteiger partial charge in [0.05, 0.1) is 6.17 Å². The third-order valence-electron chi connectivity index (χ3n) is 5.45. The summed E-state index contributed by atoms with van der Waals surface area (Å²) in [5.41, 5.74) is 2.99. The minimum atomic E-state index is 0.102. The molecule has 0 radical (unpaired) electrons. The summed E-state index contributed by atoms with van der Waals surface area (Å²) < 4.78 is 0. The number of hydrogen-bond donors (Lipinski definition) is 0. The molecule has 0 saturated carbocycles. The van der Waals surface area contributed by atoms with E-state index in [2.05, 4.69) is 91.5 Å². The maximum Gasteiger partial charge on any atom is 0.0588 e. The summed E-state index contributed by atoms with van der Waals surface area (Å²) in [5, 5.41) is 0. The molecular weight excluding hydrogens is 280 g/mol. The van der Waals surface area contributed by atoms with Crippen molar-refractivity contribution in [1.29, 1.82) is 0 Å². The molecule has 1 saturated heterocycles. The van der Waals surface area contributed by atoms with Crippen molar-refractivity contribution in [1.82, 2.24) is 9.80 Å². The second kappa shape index (κ2) is 6.86. The molecule has 3 rings (SSSR count). The minimum Gasteiger partial charge on any atom is -0.294 e. The van der Waals surface area contributed by atoms with Crippen molar-refractivity contribution in [2.24, 2.45) is 0 Å². The highest BCUT2D eigenvalue weighted by atomic mass is 15.3. The number of hydrogen-bond acceptors (Lipinski definition) is 2. The SMILES string of the molecule is CC(N(C)C)N1CCCC(c2ccccc2)(c2ccccc2)C1. The van der Waals surface area contributed by atoms with Crippen LogP contribution < -0.4 is 0 Å².